The van der Waals surface area contributed by atoms with Gasteiger partial charge in [0, 0.05) is 22.9 Å². The lowest BCUT2D eigenvalue weighted by atomic mass is 10.1. The summed E-state index contributed by atoms with van der Waals surface area (Å²) in [6.07, 6.45) is 5.20. The number of nitrogens with one attached hydrogen (secondary N) is 2. The highest BCUT2D eigenvalue weighted by Crippen LogP contribution is 2.30. The van der Waals surface area contributed by atoms with E-state index in [9.17, 15) is 14.0 Å². The molecule has 0 saturated heterocycles. The number of halogens is 1. The number of nitrogens with zero attached hydrogens (tertiary/aromatic N) is 2. The van der Waals surface area contributed by atoms with Gasteiger partial charge in [0.2, 0.25) is 5.91 Å². The molecule has 0 aliphatic heterocycles. The van der Waals surface area contributed by atoms with E-state index in [1.807, 2.05) is 0 Å². The minimum Gasteiger partial charge on any atom is -0.322 e. The van der Waals surface area contributed by atoms with Crippen LogP contribution in [0, 0.1) is 18.7 Å². The Hall–Kier alpha value is -3.48. The van der Waals surface area contributed by atoms with Crippen molar-refractivity contribution in [2.75, 3.05) is 10.6 Å². The number of anilines is 2. The predicted octanol–water partition coefficient (Wildman–Crippen LogP) is 3.92. The maximum absolute atomic E-state index is 13.6. The van der Waals surface area contributed by atoms with Crippen LogP contribution < -0.4 is 10.6 Å². The van der Waals surface area contributed by atoms with Gasteiger partial charge in [-0.05, 0) is 61.7 Å². The van der Waals surface area contributed by atoms with Gasteiger partial charge in [0.05, 0.1) is 6.20 Å². The molecule has 1 saturated carbocycles. The summed E-state index contributed by atoms with van der Waals surface area (Å²) in [6, 6.07) is 11.5. The second-order valence-corrected chi connectivity index (χ2v) is 6.89. The van der Waals surface area contributed by atoms with Gasteiger partial charge in [-0.15, -0.1) is 0 Å². The van der Waals surface area contributed by atoms with E-state index in [2.05, 4.69) is 15.6 Å². The van der Waals surface area contributed by atoms with Crippen LogP contribution in [0.3, 0.4) is 0 Å². The molecule has 0 unspecified atom stereocenters. The molecule has 2 aromatic carbocycles. The molecule has 7 heteroatoms. The minimum atomic E-state index is -0.363. The Balaban J connectivity index is 1.43. The standard InChI is InChI=1S/C21H19FN4O2/c1-13-2-7-16(10-18(13)22)24-20(27)15-5-8-17(9-6-15)26-11-19(23-12-26)25-21(28)14-3-4-14/h2,5-12,14H,3-4H2,1H3,(H,24,27)(H,25,28). The van der Waals surface area contributed by atoms with Crippen LogP contribution in [0.25, 0.3) is 5.69 Å². The van der Waals surface area contributed by atoms with E-state index in [4.69, 9.17) is 0 Å². The fraction of sp³-hybridized carbons (Fsp3) is 0.190. The van der Waals surface area contributed by atoms with Crippen molar-refractivity contribution in [3.05, 3.63) is 71.9 Å². The molecule has 0 atom stereocenters. The molecule has 4 rings (SSSR count). The van der Waals surface area contributed by atoms with Crippen LogP contribution >= 0.6 is 0 Å². The number of aromatic nitrogens is 2. The van der Waals surface area contributed by atoms with E-state index in [0.29, 0.717) is 22.6 Å². The van der Waals surface area contributed by atoms with Gasteiger partial charge in [-0.2, -0.15) is 0 Å². The molecule has 3 aromatic rings. The van der Waals surface area contributed by atoms with Crippen molar-refractivity contribution in [1.29, 1.82) is 0 Å². The molecule has 1 aromatic heterocycles. The molecular formula is C21H19FN4O2. The molecule has 1 heterocycles. The third kappa shape index (κ3) is 3.93. The molecule has 1 fully saturated rings. The van der Waals surface area contributed by atoms with Crippen molar-refractivity contribution >= 4 is 23.3 Å². The van der Waals surface area contributed by atoms with Crippen molar-refractivity contribution < 1.29 is 14.0 Å². The quantitative estimate of drug-likeness (QED) is 0.707. The van der Waals surface area contributed by atoms with Crippen molar-refractivity contribution in [2.24, 2.45) is 5.92 Å². The molecule has 2 N–H and O–H groups in total. The third-order valence-electron chi connectivity index (χ3n) is 4.64. The lowest BCUT2D eigenvalue weighted by Gasteiger charge is -2.08. The highest BCUT2D eigenvalue weighted by atomic mass is 19.1. The SMILES string of the molecule is Cc1ccc(NC(=O)c2ccc(-n3cnc(NC(=O)C4CC4)c3)cc2)cc1F. The number of hydrogen-bond acceptors (Lipinski definition) is 3. The Morgan fingerprint density at radius 1 is 1.11 bits per heavy atom. The van der Waals surface area contributed by atoms with Crippen LogP contribution in [0.5, 0.6) is 0 Å². The van der Waals surface area contributed by atoms with E-state index < -0.39 is 0 Å². The number of carbonyl (C=O) groups is 2. The van der Waals surface area contributed by atoms with Crippen molar-refractivity contribution in [1.82, 2.24) is 9.55 Å². The fourth-order valence-electron chi connectivity index (χ4n) is 2.76. The first-order chi connectivity index (χ1) is 13.5. The smallest absolute Gasteiger partial charge is 0.255 e. The zero-order chi connectivity index (χ0) is 19.7. The van der Waals surface area contributed by atoms with E-state index in [-0.39, 0.29) is 23.5 Å². The van der Waals surface area contributed by atoms with Crippen LogP contribution in [-0.2, 0) is 4.79 Å². The minimum absolute atomic E-state index is 0.00446. The lowest BCUT2D eigenvalue weighted by Crippen LogP contribution is -2.13. The Morgan fingerprint density at radius 3 is 2.54 bits per heavy atom. The highest BCUT2D eigenvalue weighted by Gasteiger charge is 2.29. The largest absolute Gasteiger partial charge is 0.322 e. The van der Waals surface area contributed by atoms with Gasteiger partial charge in [0.15, 0.2) is 5.82 Å². The summed E-state index contributed by atoms with van der Waals surface area (Å²) in [6.45, 7) is 1.67. The highest BCUT2D eigenvalue weighted by molar-refractivity contribution is 6.04. The van der Waals surface area contributed by atoms with Gasteiger partial charge in [-0.1, -0.05) is 6.07 Å². The molecule has 1 aliphatic rings. The van der Waals surface area contributed by atoms with Crippen LogP contribution in [0.15, 0.2) is 55.0 Å². The van der Waals surface area contributed by atoms with E-state index in [1.54, 1.807) is 60.4 Å². The summed E-state index contributed by atoms with van der Waals surface area (Å²) in [5, 5.41) is 5.48. The number of rotatable bonds is 5. The fourth-order valence-corrected chi connectivity index (χ4v) is 2.76. The monoisotopic (exact) mass is 378 g/mol. The van der Waals surface area contributed by atoms with Gasteiger partial charge < -0.3 is 15.2 Å². The Morgan fingerprint density at radius 2 is 1.86 bits per heavy atom. The van der Waals surface area contributed by atoms with Crippen LogP contribution in [0.1, 0.15) is 28.8 Å². The van der Waals surface area contributed by atoms with Crippen molar-refractivity contribution in [3.63, 3.8) is 0 Å². The Labute approximate surface area is 161 Å². The van der Waals surface area contributed by atoms with Crippen LogP contribution in [0.2, 0.25) is 0 Å². The normalized spacial score (nSPS) is 13.2. The first-order valence-electron chi connectivity index (χ1n) is 9.02. The maximum Gasteiger partial charge on any atom is 0.255 e. The predicted molar refractivity (Wildman–Crippen MR) is 104 cm³/mol. The summed E-state index contributed by atoms with van der Waals surface area (Å²) in [5.41, 5.74) is 2.18. The summed E-state index contributed by atoms with van der Waals surface area (Å²) in [7, 11) is 0. The number of hydrogen-bond donors (Lipinski definition) is 2. The van der Waals surface area contributed by atoms with E-state index >= 15 is 0 Å². The molecule has 1 aliphatic carbocycles. The topological polar surface area (TPSA) is 76.0 Å². The summed E-state index contributed by atoms with van der Waals surface area (Å²) < 4.78 is 15.4. The molecule has 0 radical (unpaired) electrons. The number of imidazole rings is 1. The van der Waals surface area contributed by atoms with E-state index in [0.717, 1.165) is 18.5 Å². The third-order valence-corrected chi connectivity index (χ3v) is 4.64. The maximum atomic E-state index is 13.6. The van der Waals surface area contributed by atoms with Crippen molar-refractivity contribution in [3.8, 4) is 5.69 Å². The first-order valence-corrected chi connectivity index (χ1v) is 9.02. The van der Waals surface area contributed by atoms with Gasteiger partial charge in [-0.25, -0.2) is 9.37 Å². The van der Waals surface area contributed by atoms with Gasteiger partial charge in [0.25, 0.3) is 5.91 Å². The summed E-state index contributed by atoms with van der Waals surface area (Å²) >= 11 is 0. The molecule has 0 bridgehead atoms. The van der Waals surface area contributed by atoms with Gasteiger partial charge >= 0.3 is 0 Å². The number of amides is 2. The number of carbonyl (C=O) groups excluding carboxylic acids is 2. The molecular weight excluding hydrogens is 359 g/mol. The average Bonchev–Trinajstić information content (AvgIpc) is 3.45. The average molecular weight is 378 g/mol. The second-order valence-electron chi connectivity index (χ2n) is 6.89. The Bertz CT molecular complexity index is 1040. The molecule has 6 nitrogen and oxygen atoms in total. The van der Waals surface area contributed by atoms with Crippen LogP contribution in [-0.4, -0.2) is 21.4 Å². The number of benzene rings is 2. The lowest BCUT2D eigenvalue weighted by molar-refractivity contribution is -0.117. The zero-order valence-corrected chi connectivity index (χ0v) is 15.3. The zero-order valence-electron chi connectivity index (χ0n) is 15.3. The molecule has 142 valence electrons. The molecule has 0 spiro atoms. The Kier molecular flexibility index (Phi) is 4.65. The van der Waals surface area contributed by atoms with Gasteiger partial charge in [0.1, 0.15) is 12.1 Å². The van der Waals surface area contributed by atoms with Crippen molar-refractivity contribution in [2.45, 2.75) is 19.8 Å². The number of aryl methyl sites for hydroxylation is 1. The van der Waals surface area contributed by atoms with E-state index in [1.165, 1.54) is 6.07 Å². The summed E-state index contributed by atoms with van der Waals surface area (Å²) in [4.78, 5) is 28.3. The first kappa shape index (κ1) is 17.9. The van der Waals surface area contributed by atoms with Gasteiger partial charge in [-0.3, -0.25) is 9.59 Å². The molecule has 28 heavy (non-hydrogen) atoms. The molecule has 2 amide bonds. The second kappa shape index (κ2) is 7.26. The summed E-state index contributed by atoms with van der Waals surface area (Å²) in [5.74, 6) is -0.0643. The van der Waals surface area contributed by atoms with Crippen LogP contribution in [0.4, 0.5) is 15.9 Å².